The van der Waals surface area contributed by atoms with Crippen molar-refractivity contribution < 1.29 is 18.7 Å². The summed E-state index contributed by atoms with van der Waals surface area (Å²) < 4.78 is 11.5. The van der Waals surface area contributed by atoms with Gasteiger partial charge in [-0.3, -0.25) is 9.48 Å². The number of esters is 1. The standard InChI is InChI=1S/C13H14N2O4/c1-8(2)15-5-10(6-16)12(14-15)11-4-9(7-19-11)13(17)18-3/h4-8H,1-3H3. The maximum atomic E-state index is 11.3. The number of furan rings is 1. The summed E-state index contributed by atoms with van der Waals surface area (Å²) in [6, 6.07) is 1.63. The smallest absolute Gasteiger partial charge is 0.341 e. The fourth-order valence-corrected chi connectivity index (χ4v) is 1.63. The van der Waals surface area contributed by atoms with Gasteiger partial charge in [-0.15, -0.1) is 0 Å². The lowest BCUT2D eigenvalue weighted by Gasteiger charge is -2.02. The van der Waals surface area contributed by atoms with E-state index in [-0.39, 0.29) is 11.6 Å². The van der Waals surface area contributed by atoms with Gasteiger partial charge in [0.25, 0.3) is 0 Å². The van der Waals surface area contributed by atoms with Crippen molar-refractivity contribution in [1.82, 2.24) is 9.78 Å². The molecule has 0 amide bonds. The van der Waals surface area contributed by atoms with Gasteiger partial charge < -0.3 is 9.15 Å². The van der Waals surface area contributed by atoms with Crippen LogP contribution in [0, 0.1) is 0 Å². The van der Waals surface area contributed by atoms with E-state index >= 15 is 0 Å². The van der Waals surface area contributed by atoms with Crippen LogP contribution in [0.4, 0.5) is 0 Å². The molecule has 0 aromatic carbocycles. The van der Waals surface area contributed by atoms with Crippen molar-refractivity contribution in [1.29, 1.82) is 0 Å². The molecule has 0 fully saturated rings. The second-order valence-electron chi connectivity index (χ2n) is 4.32. The Morgan fingerprint density at radius 1 is 1.53 bits per heavy atom. The number of carbonyl (C=O) groups excluding carboxylic acids is 2. The molecule has 0 aliphatic heterocycles. The van der Waals surface area contributed by atoms with Crippen LogP contribution in [0.3, 0.4) is 0 Å². The molecule has 0 spiro atoms. The first-order valence-electron chi connectivity index (χ1n) is 5.78. The molecule has 2 aromatic heterocycles. The highest BCUT2D eigenvalue weighted by atomic mass is 16.5. The fraction of sp³-hybridized carbons (Fsp3) is 0.308. The van der Waals surface area contributed by atoms with Crippen LogP contribution in [-0.2, 0) is 4.74 Å². The van der Waals surface area contributed by atoms with Crippen molar-refractivity contribution in [3.05, 3.63) is 29.7 Å². The van der Waals surface area contributed by atoms with E-state index in [0.717, 1.165) is 0 Å². The second-order valence-corrected chi connectivity index (χ2v) is 4.32. The first-order chi connectivity index (χ1) is 9.06. The summed E-state index contributed by atoms with van der Waals surface area (Å²) in [4.78, 5) is 22.4. The Morgan fingerprint density at radius 2 is 2.26 bits per heavy atom. The minimum Gasteiger partial charge on any atom is -0.465 e. The number of rotatable bonds is 4. The summed E-state index contributed by atoms with van der Waals surface area (Å²) in [7, 11) is 1.29. The van der Waals surface area contributed by atoms with Gasteiger partial charge in [0, 0.05) is 18.3 Å². The summed E-state index contributed by atoms with van der Waals surface area (Å²) in [6.45, 7) is 3.90. The van der Waals surface area contributed by atoms with Gasteiger partial charge in [0.1, 0.15) is 12.0 Å². The fourth-order valence-electron chi connectivity index (χ4n) is 1.63. The molecule has 6 nitrogen and oxygen atoms in total. The third-order valence-electron chi connectivity index (χ3n) is 2.67. The van der Waals surface area contributed by atoms with Crippen LogP contribution in [0.25, 0.3) is 11.5 Å². The quantitative estimate of drug-likeness (QED) is 0.624. The van der Waals surface area contributed by atoms with Crippen LogP contribution in [0.2, 0.25) is 0 Å². The molecular weight excluding hydrogens is 248 g/mol. The Morgan fingerprint density at radius 3 is 2.84 bits per heavy atom. The molecule has 0 saturated carbocycles. The lowest BCUT2D eigenvalue weighted by atomic mass is 10.2. The zero-order valence-corrected chi connectivity index (χ0v) is 10.9. The van der Waals surface area contributed by atoms with Crippen molar-refractivity contribution in [3.63, 3.8) is 0 Å². The molecule has 0 atom stereocenters. The Bertz CT molecular complexity index is 610. The van der Waals surface area contributed by atoms with Gasteiger partial charge in [-0.2, -0.15) is 5.10 Å². The van der Waals surface area contributed by atoms with Crippen LogP contribution in [0.5, 0.6) is 0 Å². The molecule has 19 heavy (non-hydrogen) atoms. The maximum absolute atomic E-state index is 11.3. The molecule has 2 heterocycles. The van der Waals surface area contributed by atoms with E-state index in [2.05, 4.69) is 9.84 Å². The van der Waals surface area contributed by atoms with Gasteiger partial charge in [-0.1, -0.05) is 0 Å². The average Bonchev–Trinajstić information content (AvgIpc) is 3.03. The first kappa shape index (κ1) is 13.1. The Hall–Kier alpha value is -2.37. The van der Waals surface area contributed by atoms with Crippen molar-refractivity contribution in [2.24, 2.45) is 0 Å². The number of aromatic nitrogens is 2. The number of carbonyl (C=O) groups is 2. The van der Waals surface area contributed by atoms with Crippen molar-refractivity contribution in [2.75, 3.05) is 7.11 Å². The molecule has 0 aliphatic rings. The highest BCUT2D eigenvalue weighted by Crippen LogP contribution is 2.25. The zero-order chi connectivity index (χ0) is 14.0. The topological polar surface area (TPSA) is 74.3 Å². The van der Waals surface area contributed by atoms with Crippen LogP contribution in [0.1, 0.15) is 40.6 Å². The minimum atomic E-state index is -0.494. The van der Waals surface area contributed by atoms with Crippen LogP contribution in [-0.4, -0.2) is 29.1 Å². The molecular formula is C13H14N2O4. The molecule has 0 N–H and O–H groups in total. The monoisotopic (exact) mass is 262 g/mol. The van der Waals surface area contributed by atoms with E-state index in [1.807, 2.05) is 13.8 Å². The van der Waals surface area contributed by atoms with E-state index in [9.17, 15) is 9.59 Å². The lowest BCUT2D eigenvalue weighted by Crippen LogP contribution is -2.00. The highest BCUT2D eigenvalue weighted by molar-refractivity contribution is 5.91. The van der Waals surface area contributed by atoms with Crippen molar-refractivity contribution in [3.8, 4) is 11.5 Å². The predicted molar refractivity (Wildman–Crippen MR) is 67.0 cm³/mol. The van der Waals surface area contributed by atoms with Crippen LogP contribution < -0.4 is 0 Å². The minimum absolute atomic E-state index is 0.127. The molecule has 2 aromatic rings. The molecule has 0 aliphatic carbocycles. The average molecular weight is 262 g/mol. The first-order valence-corrected chi connectivity index (χ1v) is 5.78. The van der Waals surface area contributed by atoms with Crippen LogP contribution in [0.15, 0.2) is 22.9 Å². The van der Waals surface area contributed by atoms with E-state index in [4.69, 9.17) is 4.42 Å². The summed E-state index contributed by atoms with van der Waals surface area (Å²) in [6.07, 6.45) is 3.64. The van der Waals surface area contributed by atoms with E-state index in [1.165, 1.54) is 19.4 Å². The number of hydrogen-bond donors (Lipinski definition) is 0. The molecule has 100 valence electrons. The largest absolute Gasteiger partial charge is 0.465 e. The number of hydrogen-bond acceptors (Lipinski definition) is 5. The number of methoxy groups -OCH3 is 1. The van der Waals surface area contributed by atoms with Gasteiger partial charge in [0.05, 0.1) is 18.2 Å². The SMILES string of the molecule is COC(=O)c1coc(-c2nn(C(C)C)cc2C=O)c1. The van der Waals surface area contributed by atoms with E-state index in [0.29, 0.717) is 23.3 Å². The van der Waals surface area contributed by atoms with E-state index in [1.54, 1.807) is 10.9 Å². The van der Waals surface area contributed by atoms with Gasteiger partial charge in [0.15, 0.2) is 12.0 Å². The molecule has 0 saturated heterocycles. The summed E-state index contributed by atoms with van der Waals surface area (Å²) in [5.74, 6) is -0.132. The molecule has 0 radical (unpaired) electrons. The Kier molecular flexibility index (Phi) is 3.50. The molecule has 2 rings (SSSR count). The third-order valence-corrected chi connectivity index (χ3v) is 2.67. The summed E-state index contributed by atoms with van der Waals surface area (Å²) in [5.41, 5.74) is 1.12. The normalized spacial score (nSPS) is 10.7. The number of aldehydes is 1. The van der Waals surface area contributed by atoms with E-state index < -0.39 is 5.97 Å². The van der Waals surface area contributed by atoms with Crippen LogP contribution >= 0.6 is 0 Å². The van der Waals surface area contributed by atoms with Gasteiger partial charge in [0.2, 0.25) is 0 Å². The highest BCUT2D eigenvalue weighted by Gasteiger charge is 2.18. The lowest BCUT2D eigenvalue weighted by molar-refractivity contribution is 0.0600. The van der Waals surface area contributed by atoms with Crippen molar-refractivity contribution in [2.45, 2.75) is 19.9 Å². The second kappa shape index (κ2) is 5.09. The molecule has 0 bridgehead atoms. The predicted octanol–water partition coefficient (Wildman–Crippen LogP) is 2.32. The zero-order valence-electron chi connectivity index (χ0n) is 10.9. The number of ether oxygens (including phenoxy) is 1. The Balaban J connectivity index is 2.43. The number of nitrogens with zero attached hydrogens (tertiary/aromatic N) is 2. The van der Waals surface area contributed by atoms with Gasteiger partial charge in [-0.05, 0) is 13.8 Å². The molecule has 0 unspecified atom stereocenters. The van der Waals surface area contributed by atoms with Crippen molar-refractivity contribution >= 4 is 12.3 Å². The Labute approximate surface area is 110 Å². The summed E-state index contributed by atoms with van der Waals surface area (Å²) >= 11 is 0. The summed E-state index contributed by atoms with van der Waals surface area (Å²) in [5, 5.41) is 4.29. The maximum Gasteiger partial charge on any atom is 0.341 e. The van der Waals surface area contributed by atoms with Gasteiger partial charge in [-0.25, -0.2) is 4.79 Å². The third kappa shape index (κ3) is 2.42. The van der Waals surface area contributed by atoms with Gasteiger partial charge >= 0.3 is 5.97 Å². The molecule has 6 heteroatoms.